The maximum absolute atomic E-state index is 11.9. The number of hydrogen-bond acceptors (Lipinski definition) is 5. The molecular formula is C12H16ClN3O5S. The van der Waals surface area contributed by atoms with E-state index in [2.05, 4.69) is 10.6 Å². The molecule has 2 rings (SSSR count). The number of amides is 2. The van der Waals surface area contributed by atoms with Crippen molar-refractivity contribution in [3.8, 4) is 5.75 Å². The second-order valence-electron chi connectivity index (χ2n) is 4.77. The Morgan fingerprint density at radius 2 is 2.14 bits per heavy atom. The van der Waals surface area contributed by atoms with Crippen molar-refractivity contribution < 1.29 is 23.1 Å². The zero-order valence-corrected chi connectivity index (χ0v) is 13.1. The number of nitrogens with two attached hydrogens (primary N) is 1. The van der Waals surface area contributed by atoms with E-state index in [9.17, 15) is 18.3 Å². The fraction of sp³-hybridized carbons (Fsp3) is 0.417. The molecular weight excluding hydrogens is 334 g/mol. The number of primary sulfonamides is 1. The number of phenols is 1. The fourth-order valence-corrected chi connectivity index (χ4v) is 3.27. The summed E-state index contributed by atoms with van der Waals surface area (Å²) in [6.45, 7) is 0.562. The molecule has 0 aliphatic carbocycles. The van der Waals surface area contributed by atoms with Gasteiger partial charge in [-0.25, -0.2) is 18.4 Å². The molecule has 2 amide bonds. The molecule has 1 aromatic carbocycles. The van der Waals surface area contributed by atoms with Crippen molar-refractivity contribution >= 4 is 33.3 Å². The molecule has 0 aromatic heterocycles. The highest BCUT2D eigenvalue weighted by Gasteiger charge is 2.23. The first-order valence-corrected chi connectivity index (χ1v) is 8.45. The smallest absolute Gasteiger partial charge is 0.321 e. The summed E-state index contributed by atoms with van der Waals surface area (Å²) in [5.74, 6) is -0.713. The summed E-state index contributed by atoms with van der Waals surface area (Å²) in [5.41, 5.74) is -0.123. The van der Waals surface area contributed by atoms with Crippen LogP contribution in [0.4, 0.5) is 10.5 Å². The van der Waals surface area contributed by atoms with Crippen LogP contribution in [0.1, 0.15) is 19.3 Å². The maximum Gasteiger partial charge on any atom is 0.321 e. The van der Waals surface area contributed by atoms with Crippen LogP contribution < -0.4 is 15.8 Å². The van der Waals surface area contributed by atoms with E-state index in [1.807, 2.05) is 0 Å². The fourth-order valence-electron chi connectivity index (χ4n) is 2.08. The van der Waals surface area contributed by atoms with E-state index in [1.54, 1.807) is 0 Å². The van der Waals surface area contributed by atoms with Gasteiger partial charge in [0.05, 0.1) is 10.7 Å². The maximum atomic E-state index is 11.9. The van der Waals surface area contributed by atoms with Gasteiger partial charge in [0, 0.05) is 6.61 Å². The minimum Gasteiger partial charge on any atom is -0.504 e. The van der Waals surface area contributed by atoms with E-state index >= 15 is 0 Å². The van der Waals surface area contributed by atoms with Crippen LogP contribution in [0.2, 0.25) is 5.02 Å². The second kappa shape index (κ2) is 6.69. The van der Waals surface area contributed by atoms with Crippen LogP contribution in [0, 0.1) is 0 Å². The van der Waals surface area contributed by atoms with Crippen molar-refractivity contribution in [1.82, 2.24) is 5.32 Å². The lowest BCUT2D eigenvalue weighted by atomic mass is 10.2. The van der Waals surface area contributed by atoms with Crippen LogP contribution in [-0.2, 0) is 14.8 Å². The molecule has 0 saturated carbocycles. The van der Waals surface area contributed by atoms with Gasteiger partial charge in [0.2, 0.25) is 10.0 Å². The predicted molar refractivity (Wildman–Crippen MR) is 80.2 cm³/mol. The van der Waals surface area contributed by atoms with Crippen molar-refractivity contribution in [2.45, 2.75) is 30.4 Å². The van der Waals surface area contributed by atoms with Crippen LogP contribution in [-0.4, -0.2) is 32.4 Å². The van der Waals surface area contributed by atoms with Crippen molar-refractivity contribution in [2.24, 2.45) is 5.14 Å². The number of urea groups is 1. The topological polar surface area (TPSA) is 131 Å². The van der Waals surface area contributed by atoms with Gasteiger partial charge in [0.1, 0.15) is 11.1 Å². The van der Waals surface area contributed by atoms with Crippen molar-refractivity contribution in [1.29, 1.82) is 0 Å². The first-order chi connectivity index (χ1) is 10.3. The number of sulfonamides is 1. The third kappa shape index (κ3) is 4.01. The molecule has 22 heavy (non-hydrogen) atoms. The summed E-state index contributed by atoms with van der Waals surface area (Å²) < 4.78 is 28.2. The van der Waals surface area contributed by atoms with E-state index in [0.717, 1.165) is 12.8 Å². The number of ether oxygens (including phenoxy) is 1. The van der Waals surface area contributed by atoms with Gasteiger partial charge in [0.15, 0.2) is 5.75 Å². The standard InChI is InChI=1S/C12H16ClN3O5S/c13-7-4-5-8(10(17)11(7)22(14,19)20)15-12(18)16-9-3-1-2-6-21-9/h4-5,9,17H,1-3,6H2,(H2,14,19,20)(H2,15,16,18). The number of benzene rings is 1. The lowest BCUT2D eigenvalue weighted by Crippen LogP contribution is -2.41. The predicted octanol–water partition coefficient (Wildman–Crippen LogP) is 1.34. The molecule has 1 aliphatic rings. The number of aromatic hydroxyl groups is 1. The highest BCUT2D eigenvalue weighted by atomic mass is 35.5. The second-order valence-corrected chi connectivity index (χ2v) is 6.68. The molecule has 1 saturated heterocycles. The van der Waals surface area contributed by atoms with Gasteiger partial charge >= 0.3 is 6.03 Å². The Hall–Kier alpha value is -1.55. The molecule has 0 bridgehead atoms. The highest BCUT2D eigenvalue weighted by Crippen LogP contribution is 2.35. The van der Waals surface area contributed by atoms with Gasteiger partial charge in [-0.05, 0) is 31.4 Å². The van der Waals surface area contributed by atoms with Crippen molar-refractivity contribution in [3.63, 3.8) is 0 Å². The molecule has 8 nitrogen and oxygen atoms in total. The zero-order chi connectivity index (χ0) is 16.3. The number of carbonyl (C=O) groups is 1. The molecule has 10 heteroatoms. The van der Waals surface area contributed by atoms with Gasteiger partial charge in [-0.2, -0.15) is 0 Å². The Bertz CT molecular complexity index is 674. The Kier molecular flexibility index (Phi) is 5.12. The minimum atomic E-state index is -4.23. The molecule has 0 radical (unpaired) electrons. The number of phenolic OH excluding ortho intramolecular Hbond substituents is 1. The van der Waals surface area contributed by atoms with Gasteiger partial charge in [-0.3, -0.25) is 0 Å². The summed E-state index contributed by atoms with van der Waals surface area (Å²) in [5, 5.41) is 19.6. The van der Waals surface area contributed by atoms with Gasteiger partial charge in [-0.15, -0.1) is 0 Å². The average molecular weight is 350 g/mol. The van der Waals surface area contributed by atoms with Gasteiger partial charge in [-0.1, -0.05) is 11.6 Å². The van der Waals surface area contributed by atoms with E-state index in [-0.39, 0.29) is 10.7 Å². The van der Waals surface area contributed by atoms with E-state index in [0.29, 0.717) is 13.0 Å². The first-order valence-electron chi connectivity index (χ1n) is 6.52. The number of halogens is 1. The lowest BCUT2D eigenvalue weighted by molar-refractivity contribution is 0.00342. The van der Waals surface area contributed by atoms with Crippen molar-refractivity contribution in [3.05, 3.63) is 17.2 Å². The van der Waals surface area contributed by atoms with Gasteiger partial charge < -0.3 is 20.5 Å². The highest BCUT2D eigenvalue weighted by molar-refractivity contribution is 7.89. The van der Waals surface area contributed by atoms with E-state index in [4.69, 9.17) is 21.5 Å². The Morgan fingerprint density at radius 1 is 1.41 bits per heavy atom. The number of anilines is 1. The number of rotatable bonds is 3. The Balaban J connectivity index is 2.14. The molecule has 1 aliphatic heterocycles. The first kappa shape index (κ1) is 16.8. The number of nitrogens with one attached hydrogen (secondary N) is 2. The summed E-state index contributed by atoms with van der Waals surface area (Å²) in [6.07, 6.45) is 2.14. The quantitative estimate of drug-likeness (QED) is 0.611. The van der Waals surface area contributed by atoms with Crippen LogP contribution in [0.15, 0.2) is 17.0 Å². The molecule has 1 aromatic rings. The summed E-state index contributed by atoms with van der Waals surface area (Å²) >= 11 is 5.71. The van der Waals surface area contributed by atoms with Crippen molar-refractivity contribution in [2.75, 3.05) is 11.9 Å². The minimum absolute atomic E-state index is 0.123. The molecule has 1 atom stereocenters. The monoisotopic (exact) mass is 349 g/mol. The largest absolute Gasteiger partial charge is 0.504 e. The third-order valence-corrected chi connectivity index (χ3v) is 4.50. The van der Waals surface area contributed by atoms with E-state index in [1.165, 1.54) is 12.1 Å². The SMILES string of the molecule is NS(=O)(=O)c1c(Cl)ccc(NC(=O)NC2CCCCO2)c1O. The van der Waals surface area contributed by atoms with E-state index < -0.39 is 32.9 Å². The summed E-state index contributed by atoms with van der Waals surface area (Å²) in [4.78, 5) is 11.2. The molecule has 0 spiro atoms. The normalized spacial score (nSPS) is 18.7. The van der Waals surface area contributed by atoms with Crippen LogP contribution in [0.5, 0.6) is 5.75 Å². The zero-order valence-electron chi connectivity index (χ0n) is 11.5. The molecule has 1 unspecified atom stereocenters. The number of carbonyl (C=O) groups excluding carboxylic acids is 1. The van der Waals surface area contributed by atoms with Gasteiger partial charge in [0.25, 0.3) is 0 Å². The molecule has 5 N–H and O–H groups in total. The molecule has 1 fully saturated rings. The van der Waals surface area contributed by atoms with Crippen LogP contribution in [0.25, 0.3) is 0 Å². The Morgan fingerprint density at radius 3 is 2.73 bits per heavy atom. The third-order valence-electron chi connectivity index (χ3n) is 3.09. The lowest BCUT2D eigenvalue weighted by Gasteiger charge is -2.23. The average Bonchev–Trinajstić information content (AvgIpc) is 2.42. The summed E-state index contributed by atoms with van der Waals surface area (Å²) in [7, 11) is -4.23. The molecule has 122 valence electrons. The molecule has 1 heterocycles. The summed E-state index contributed by atoms with van der Waals surface area (Å²) in [6, 6.07) is 1.85. The Labute approximate surface area is 132 Å². The number of hydrogen-bond donors (Lipinski definition) is 4. The van der Waals surface area contributed by atoms with Crippen LogP contribution >= 0.6 is 11.6 Å². The van der Waals surface area contributed by atoms with Crippen LogP contribution in [0.3, 0.4) is 0 Å².